The standard InChI is InChI=1S/C15H12N4O2/c1-11-16-18-19(17-11,13-5-3-2-4-6-13)14-9-7-12(8-10-14)15(20)21/h2-10H,1H3/p+1. The maximum absolute atomic E-state index is 11.0. The van der Waals surface area contributed by atoms with E-state index in [1.165, 1.54) is 0 Å². The van der Waals surface area contributed by atoms with Gasteiger partial charge in [-0.15, -0.1) is 0 Å². The molecule has 1 heterocycles. The van der Waals surface area contributed by atoms with E-state index in [0.717, 1.165) is 11.4 Å². The van der Waals surface area contributed by atoms with Gasteiger partial charge < -0.3 is 5.11 Å². The highest BCUT2D eigenvalue weighted by Gasteiger charge is 2.39. The summed E-state index contributed by atoms with van der Waals surface area (Å²) in [5.74, 6) is -0.392. The molecule has 2 aromatic carbocycles. The van der Waals surface area contributed by atoms with Crippen LogP contribution in [0.25, 0.3) is 0 Å². The SMILES string of the molecule is CC1=N[N+](c2ccccc2)(c2ccc(C(=O)O)cc2)N=N1. The van der Waals surface area contributed by atoms with Gasteiger partial charge >= 0.3 is 5.97 Å². The number of carboxylic acids is 1. The van der Waals surface area contributed by atoms with Crippen LogP contribution in [0.2, 0.25) is 0 Å². The maximum atomic E-state index is 11.0. The summed E-state index contributed by atoms with van der Waals surface area (Å²) in [5, 5.41) is 21.8. The van der Waals surface area contributed by atoms with Crippen LogP contribution < -0.4 is 4.70 Å². The summed E-state index contributed by atoms with van der Waals surface area (Å²) in [5.41, 5.74) is 1.79. The number of nitrogens with zero attached hydrogens (tertiary/aromatic N) is 4. The highest BCUT2D eigenvalue weighted by atomic mass is 16.4. The number of hydrogen-bond acceptors (Lipinski definition) is 4. The summed E-state index contributed by atoms with van der Waals surface area (Å²) in [7, 11) is 0. The summed E-state index contributed by atoms with van der Waals surface area (Å²) < 4.78 is -0.132. The number of aromatic carboxylic acids is 1. The van der Waals surface area contributed by atoms with Gasteiger partial charge in [-0.25, -0.2) is 4.79 Å². The summed E-state index contributed by atoms with van der Waals surface area (Å²) >= 11 is 0. The molecular weight excluding hydrogens is 268 g/mol. The third-order valence-electron chi connectivity index (χ3n) is 3.20. The molecule has 6 heteroatoms. The molecule has 0 aromatic heterocycles. The van der Waals surface area contributed by atoms with Gasteiger partial charge in [0.15, 0.2) is 11.4 Å². The van der Waals surface area contributed by atoms with Crippen molar-refractivity contribution in [3.8, 4) is 0 Å². The van der Waals surface area contributed by atoms with Crippen LogP contribution in [0.1, 0.15) is 17.3 Å². The van der Waals surface area contributed by atoms with Crippen LogP contribution in [0.3, 0.4) is 0 Å². The predicted molar refractivity (Wildman–Crippen MR) is 79.3 cm³/mol. The van der Waals surface area contributed by atoms with Gasteiger partial charge in [-0.05, 0) is 17.2 Å². The average molecular weight is 281 g/mol. The van der Waals surface area contributed by atoms with Crippen molar-refractivity contribution >= 4 is 23.2 Å². The fraction of sp³-hybridized carbons (Fsp3) is 0.0667. The van der Waals surface area contributed by atoms with E-state index >= 15 is 0 Å². The number of rotatable bonds is 3. The number of carbonyl (C=O) groups is 1. The summed E-state index contributed by atoms with van der Waals surface area (Å²) in [6.07, 6.45) is 0. The quantitative estimate of drug-likeness (QED) is 0.870. The Labute approximate surface area is 121 Å². The second-order valence-corrected chi connectivity index (χ2v) is 4.63. The smallest absolute Gasteiger partial charge is 0.335 e. The molecule has 0 spiro atoms. The molecule has 0 aliphatic carbocycles. The van der Waals surface area contributed by atoms with Gasteiger partial charge in [0.25, 0.3) is 0 Å². The molecule has 1 atom stereocenters. The molecule has 6 nitrogen and oxygen atoms in total. The Morgan fingerprint density at radius 2 is 1.62 bits per heavy atom. The van der Waals surface area contributed by atoms with Gasteiger partial charge in [0.1, 0.15) is 0 Å². The van der Waals surface area contributed by atoms with Crippen molar-refractivity contribution in [1.82, 2.24) is 4.70 Å². The molecule has 1 aliphatic heterocycles. The lowest BCUT2D eigenvalue weighted by molar-refractivity contribution is 0.0697. The Hall–Kier alpha value is -2.86. The van der Waals surface area contributed by atoms with Gasteiger partial charge in [0, 0.05) is 35.9 Å². The van der Waals surface area contributed by atoms with Gasteiger partial charge in [-0.2, -0.15) is 0 Å². The Balaban J connectivity index is 2.14. The predicted octanol–water partition coefficient (Wildman–Crippen LogP) is 3.74. The van der Waals surface area contributed by atoms with Crippen LogP contribution in [0.5, 0.6) is 0 Å². The van der Waals surface area contributed by atoms with Crippen molar-refractivity contribution in [2.24, 2.45) is 15.4 Å². The average Bonchev–Trinajstić information content (AvgIpc) is 2.91. The molecule has 0 saturated heterocycles. The van der Waals surface area contributed by atoms with Crippen molar-refractivity contribution in [2.45, 2.75) is 6.92 Å². The fourth-order valence-electron chi connectivity index (χ4n) is 2.19. The van der Waals surface area contributed by atoms with E-state index < -0.39 is 5.97 Å². The molecule has 2 aromatic rings. The van der Waals surface area contributed by atoms with Crippen LogP contribution in [0, 0.1) is 0 Å². The van der Waals surface area contributed by atoms with E-state index in [2.05, 4.69) is 15.4 Å². The first-order valence-corrected chi connectivity index (χ1v) is 6.40. The summed E-state index contributed by atoms with van der Waals surface area (Å²) in [4.78, 5) is 11.0. The van der Waals surface area contributed by atoms with E-state index in [0.29, 0.717) is 5.84 Å². The Kier molecular flexibility index (Phi) is 3.08. The number of amidine groups is 1. The lowest BCUT2D eigenvalue weighted by atomic mass is 10.2. The van der Waals surface area contributed by atoms with Crippen molar-refractivity contribution in [1.29, 1.82) is 0 Å². The monoisotopic (exact) mass is 281 g/mol. The molecule has 104 valence electrons. The zero-order valence-electron chi connectivity index (χ0n) is 11.3. The molecular formula is C15H13N4O2+. The molecule has 0 radical (unpaired) electrons. The summed E-state index contributed by atoms with van der Waals surface area (Å²) in [6, 6.07) is 16.0. The zero-order valence-corrected chi connectivity index (χ0v) is 11.3. The molecule has 0 fully saturated rings. The number of para-hydroxylation sites is 1. The van der Waals surface area contributed by atoms with E-state index in [9.17, 15) is 4.79 Å². The van der Waals surface area contributed by atoms with Crippen molar-refractivity contribution in [3.63, 3.8) is 0 Å². The highest BCUT2D eigenvalue weighted by Crippen LogP contribution is 2.38. The van der Waals surface area contributed by atoms with Gasteiger partial charge in [-0.3, -0.25) is 0 Å². The largest absolute Gasteiger partial charge is 0.478 e. The number of quaternary nitrogens is 1. The maximum Gasteiger partial charge on any atom is 0.335 e. The first-order chi connectivity index (χ1) is 10.1. The Morgan fingerprint density at radius 3 is 2.14 bits per heavy atom. The van der Waals surface area contributed by atoms with E-state index in [1.807, 2.05) is 30.3 Å². The molecule has 21 heavy (non-hydrogen) atoms. The molecule has 0 amide bonds. The minimum atomic E-state index is -0.962. The molecule has 3 rings (SSSR count). The molecule has 1 N–H and O–H groups in total. The minimum Gasteiger partial charge on any atom is -0.478 e. The van der Waals surface area contributed by atoms with Crippen LogP contribution in [0.15, 0.2) is 70.0 Å². The van der Waals surface area contributed by atoms with E-state index in [-0.39, 0.29) is 10.3 Å². The first kappa shape index (κ1) is 13.1. The van der Waals surface area contributed by atoms with Gasteiger partial charge in [0.05, 0.1) is 10.8 Å². The highest BCUT2D eigenvalue weighted by molar-refractivity contribution is 5.88. The van der Waals surface area contributed by atoms with E-state index in [1.54, 1.807) is 31.2 Å². The number of carboxylic acid groups (broad SMARTS) is 1. The topological polar surface area (TPSA) is 74.4 Å². The Morgan fingerprint density at radius 1 is 1.00 bits per heavy atom. The van der Waals surface area contributed by atoms with Crippen molar-refractivity contribution in [2.75, 3.05) is 0 Å². The number of hydrogen-bond donors (Lipinski definition) is 1. The number of benzene rings is 2. The third-order valence-corrected chi connectivity index (χ3v) is 3.20. The van der Waals surface area contributed by atoms with Crippen molar-refractivity contribution < 1.29 is 9.90 Å². The third kappa shape index (κ3) is 2.21. The zero-order chi connectivity index (χ0) is 14.9. The molecule has 0 bridgehead atoms. The van der Waals surface area contributed by atoms with Gasteiger partial charge in [-0.1, -0.05) is 23.3 Å². The van der Waals surface area contributed by atoms with Crippen molar-refractivity contribution in [3.05, 3.63) is 60.2 Å². The van der Waals surface area contributed by atoms with Gasteiger partial charge in [0.2, 0.25) is 5.84 Å². The Bertz CT molecular complexity index is 738. The normalized spacial score (nSPS) is 20.3. The van der Waals surface area contributed by atoms with Crippen LogP contribution in [0.4, 0.5) is 11.4 Å². The first-order valence-electron chi connectivity index (χ1n) is 6.40. The van der Waals surface area contributed by atoms with E-state index in [4.69, 9.17) is 5.11 Å². The van der Waals surface area contributed by atoms with Crippen LogP contribution >= 0.6 is 0 Å². The molecule has 1 aliphatic rings. The second kappa shape index (κ2) is 4.92. The lowest BCUT2D eigenvalue weighted by Gasteiger charge is -2.20. The van der Waals surface area contributed by atoms with Crippen LogP contribution in [-0.2, 0) is 0 Å². The fourth-order valence-corrected chi connectivity index (χ4v) is 2.19. The second-order valence-electron chi connectivity index (χ2n) is 4.63. The molecule has 1 unspecified atom stereocenters. The summed E-state index contributed by atoms with van der Waals surface area (Å²) in [6.45, 7) is 1.78. The van der Waals surface area contributed by atoms with Crippen LogP contribution in [-0.4, -0.2) is 16.9 Å². The lowest BCUT2D eigenvalue weighted by Crippen LogP contribution is -2.29. The minimum absolute atomic E-state index is 0.132. The molecule has 0 saturated carbocycles.